The van der Waals surface area contributed by atoms with Gasteiger partial charge in [-0.15, -0.1) is 5.10 Å². The molecule has 0 spiro atoms. The maximum atomic E-state index is 4.63. The summed E-state index contributed by atoms with van der Waals surface area (Å²) in [6.45, 7) is 0. The molecule has 168 valence electrons. The van der Waals surface area contributed by atoms with E-state index < -0.39 is 0 Å². The number of aromatic nitrogens is 4. The molecule has 5 aromatic carbocycles. The van der Waals surface area contributed by atoms with Crippen LogP contribution < -0.4 is 0 Å². The van der Waals surface area contributed by atoms with Gasteiger partial charge in [-0.05, 0) is 59.3 Å². The van der Waals surface area contributed by atoms with E-state index in [1.807, 2.05) is 12.3 Å². The highest BCUT2D eigenvalue weighted by Crippen LogP contribution is 2.37. The molecule has 8 aromatic rings. The van der Waals surface area contributed by atoms with E-state index in [-0.39, 0.29) is 0 Å². The van der Waals surface area contributed by atoms with Crippen LogP contribution in [-0.2, 0) is 0 Å². The Morgan fingerprint density at radius 1 is 0.500 bits per heavy atom. The summed E-state index contributed by atoms with van der Waals surface area (Å²) < 4.78 is 4.52. The quantitative estimate of drug-likeness (QED) is 0.264. The zero-order chi connectivity index (χ0) is 23.6. The average Bonchev–Trinajstić information content (AvgIpc) is 3.49. The molecule has 0 fully saturated rings. The highest BCUT2D eigenvalue weighted by atomic mass is 15.2. The van der Waals surface area contributed by atoms with Gasteiger partial charge < -0.3 is 4.57 Å². The Labute approximate surface area is 206 Å². The molecule has 4 heteroatoms. The minimum Gasteiger partial charge on any atom is -0.317 e. The van der Waals surface area contributed by atoms with Crippen LogP contribution in [0.1, 0.15) is 0 Å². The zero-order valence-electron chi connectivity index (χ0n) is 19.3. The van der Waals surface area contributed by atoms with E-state index >= 15 is 0 Å². The Bertz CT molecular complexity index is 2090. The summed E-state index contributed by atoms with van der Waals surface area (Å²) >= 11 is 0. The fourth-order valence-corrected chi connectivity index (χ4v) is 5.57. The summed E-state index contributed by atoms with van der Waals surface area (Å²) in [5, 5.41) is 17.2. The van der Waals surface area contributed by atoms with Crippen LogP contribution in [0.5, 0.6) is 0 Å². The van der Waals surface area contributed by atoms with Crippen molar-refractivity contribution in [2.75, 3.05) is 0 Å². The fraction of sp³-hybridized carbons (Fsp3) is 0. The normalized spacial score (nSPS) is 11.9. The predicted molar refractivity (Wildman–Crippen MR) is 148 cm³/mol. The van der Waals surface area contributed by atoms with Gasteiger partial charge in [0, 0.05) is 38.8 Å². The molecule has 0 amide bonds. The van der Waals surface area contributed by atoms with Crippen molar-refractivity contribution < 1.29 is 0 Å². The summed E-state index contributed by atoms with van der Waals surface area (Å²) in [4.78, 5) is 0. The van der Waals surface area contributed by atoms with Crippen LogP contribution in [-0.4, -0.2) is 19.3 Å². The van der Waals surface area contributed by atoms with Gasteiger partial charge in [-0.25, -0.2) is 0 Å². The zero-order valence-corrected chi connectivity index (χ0v) is 19.3. The van der Waals surface area contributed by atoms with Crippen molar-refractivity contribution in [2.45, 2.75) is 0 Å². The Morgan fingerprint density at radius 2 is 1.25 bits per heavy atom. The first-order valence-corrected chi connectivity index (χ1v) is 12.1. The molecule has 0 unspecified atom stereocenters. The van der Waals surface area contributed by atoms with Gasteiger partial charge in [0.05, 0.1) is 22.7 Å². The van der Waals surface area contributed by atoms with E-state index in [9.17, 15) is 0 Å². The first-order chi connectivity index (χ1) is 17.8. The number of fused-ring (bicyclic) bond motifs is 6. The second-order valence-electron chi connectivity index (χ2n) is 9.26. The summed E-state index contributed by atoms with van der Waals surface area (Å²) in [7, 11) is 0. The Balaban J connectivity index is 1.49. The number of nitrogens with zero attached hydrogens (tertiary/aromatic N) is 4. The molecule has 0 saturated heterocycles. The van der Waals surface area contributed by atoms with E-state index in [4.69, 9.17) is 0 Å². The van der Waals surface area contributed by atoms with E-state index in [0.717, 1.165) is 33.3 Å². The molecule has 0 N–H and O–H groups in total. The smallest absolute Gasteiger partial charge is 0.168 e. The van der Waals surface area contributed by atoms with E-state index in [2.05, 4.69) is 129 Å². The van der Waals surface area contributed by atoms with Gasteiger partial charge >= 0.3 is 0 Å². The van der Waals surface area contributed by atoms with E-state index in [0.29, 0.717) is 0 Å². The molecule has 0 aliphatic rings. The number of benzene rings is 5. The van der Waals surface area contributed by atoms with Crippen LogP contribution in [0.3, 0.4) is 0 Å². The molecule has 3 aromatic heterocycles. The number of para-hydroxylation sites is 2. The monoisotopic (exact) mass is 460 g/mol. The van der Waals surface area contributed by atoms with E-state index in [1.165, 1.54) is 32.4 Å². The van der Waals surface area contributed by atoms with E-state index in [1.54, 1.807) is 0 Å². The van der Waals surface area contributed by atoms with Crippen molar-refractivity contribution in [2.24, 2.45) is 0 Å². The van der Waals surface area contributed by atoms with Crippen LogP contribution in [0.25, 0.3) is 65.8 Å². The largest absolute Gasteiger partial charge is 0.317 e. The third-order valence-corrected chi connectivity index (χ3v) is 7.24. The second-order valence-corrected chi connectivity index (χ2v) is 9.26. The fourth-order valence-electron chi connectivity index (χ4n) is 5.57. The third kappa shape index (κ3) is 2.70. The van der Waals surface area contributed by atoms with Crippen molar-refractivity contribution >= 4 is 54.3 Å². The van der Waals surface area contributed by atoms with Gasteiger partial charge in [0.15, 0.2) is 5.82 Å². The second kappa shape index (κ2) is 7.27. The standard InChI is InChI=1S/C32H20N4/c1-2-9-25(10-3-1)35-15-14-21-16-23-17-28-27-12-6-7-13-29(27)36(31(28)19-24(23)18-30(21)35)32-26-11-5-4-8-22(26)20-33-34-32/h1-20H. The molecule has 0 aliphatic carbocycles. The lowest BCUT2D eigenvalue weighted by Crippen LogP contribution is -2.00. The average molecular weight is 461 g/mol. The van der Waals surface area contributed by atoms with Gasteiger partial charge in [-0.1, -0.05) is 60.7 Å². The summed E-state index contributed by atoms with van der Waals surface area (Å²) in [5.41, 5.74) is 4.62. The lowest BCUT2D eigenvalue weighted by Gasteiger charge is -2.10. The van der Waals surface area contributed by atoms with Gasteiger partial charge in [-0.3, -0.25) is 4.57 Å². The maximum Gasteiger partial charge on any atom is 0.168 e. The molecular weight excluding hydrogens is 440 g/mol. The van der Waals surface area contributed by atoms with Crippen molar-refractivity contribution in [1.29, 1.82) is 0 Å². The number of hydrogen-bond donors (Lipinski definition) is 0. The third-order valence-electron chi connectivity index (χ3n) is 7.24. The van der Waals surface area contributed by atoms with Crippen LogP contribution in [0.2, 0.25) is 0 Å². The van der Waals surface area contributed by atoms with Crippen molar-refractivity contribution in [3.8, 4) is 11.5 Å². The molecule has 0 atom stereocenters. The van der Waals surface area contributed by atoms with Gasteiger partial charge in [-0.2, -0.15) is 5.10 Å². The Kier molecular flexibility index (Phi) is 3.91. The van der Waals surface area contributed by atoms with Crippen LogP contribution >= 0.6 is 0 Å². The Morgan fingerprint density at radius 3 is 2.17 bits per heavy atom. The molecule has 3 heterocycles. The van der Waals surface area contributed by atoms with Crippen LogP contribution in [0.15, 0.2) is 122 Å². The summed E-state index contributed by atoms with van der Waals surface area (Å²) in [5.74, 6) is 0.854. The first-order valence-electron chi connectivity index (χ1n) is 12.1. The molecule has 0 bridgehead atoms. The number of rotatable bonds is 2. The van der Waals surface area contributed by atoms with Crippen LogP contribution in [0.4, 0.5) is 0 Å². The molecule has 36 heavy (non-hydrogen) atoms. The van der Waals surface area contributed by atoms with Crippen LogP contribution in [0, 0.1) is 0 Å². The predicted octanol–water partition coefficient (Wildman–Crippen LogP) is 7.82. The lowest BCUT2D eigenvalue weighted by molar-refractivity contribution is 0.972. The Hall–Kier alpha value is -4.96. The molecule has 4 nitrogen and oxygen atoms in total. The van der Waals surface area contributed by atoms with Crippen molar-refractivity contribution in [3.05, 3.63) is 122 Å². The van der Waals surface area contributed by atoms with Gasteiger partial charge in [0.1, 0.15) is 0 Å². The van der Waals surface area contributed by atoms with Gasteiger partial charge in [0.2, 0.25) is 0 Å². The van der Waals surface area contributed by atoms with Crippen molar-refractivity contribution in [1.82, 2.24) is 19.3 Å². The topological polar surface area (TPSA) is 35.6 Å². The SMILES string of the molecule is c1ccc(-n2ccc3cc4cc5c6ccccc6n(-c6nncc7ccccc67)c5cc4cc32)cc1. The minimum absolute atomic E-state index is 0.854. The first kappa shape index (κ1) is 19.4. The molecular formula is C32H20N4. The molecule has 0 radical (unpaired) electrons. The molecule has 0 aliphatic heterocycles. The summed E-state index contributed by atoms with van der Waals surface area (Å²) in [6, 6.07) is 38.8. The summed E-state index contributed by atoms with van der Waals surface area (Å²) in [6.07, 6.45) is 3.98. The van der Waals surface area contributed by atoms with Crippen molar-refractivity contribution in [3.63, 3.8) is 0 Å². The van der Waals surface area contributed by atoms with Gasteiger partial charge in [0.25, 0.3) is 0 Å². The highest BCUT2D eigenvalue weighted by molar-refractivity contribution is 6.15. The molecule has 0 saturated carbocycles. The number of hydrogen-bond acceptors (Lipinski definition) is 2. The highest BCUT2D eigenvalue weighted by Gasteiger charge is 2.17. The maximum absolute atomic E-state index is 4.63. The molecule has 8 rings (SSSR count). The lowest BCUT2D eigenvalue weighted by atomic mass is 10.0. The minimum atomic E-state index is 0.854.